The van der Waals surface area contributed by atoms with Crippen LogP contribution in [0.3, 0.4) is 0 Å². The second kappa shape index (κ2) is 5.64. The van der Waals surface area contributed by atoms with Gasteiger partial charge in [-0.05, 0) is 26.2 Å². The summed E-state index contributed by atoms with van der Waals surface area (Å²) in [5.74, 6) is -0.0433. The van der Waals surface area contributed by atoms with Crippen molar-refractivity contribution >= 4 is 5.91 Å². The third-order valence-electron chi connectivity index (χ3n) is 4.93. The molecule has 0 radical (unpaired) electrons. The number of imidazole rings is 1. The Balaban J connectivity index is 1.70. The molecule has 0 unspecified atom stereocenters. The van der Waals surface area contributed by atoms with Crippen LogP contribution in [0, 0.1) is 6.92 Å². The highest BCUT2D eigenvalue weighted by Crippen LogP contribution is 2.35. The lowest BCUT2D eigenvalue weighted by atomic mass is 9.80. The number of likely N-dealkylation sites (tertiary alicyclic amines) is 1. The number of carbonyl (C=O) groups excluding carboxylic acids is 1. The van der Waals surface area contributed by atoms with Crippen molar-refractivity contribution in [2.45, 2.75) is 44.0 Å². The van der Waals surface area contributed by atoms with Crippen molar-refractivity contribution < 1.29 is 19.7 Å². The van der Waals surface area contributed by atoms with Crippen molar-refractivity contribution in [1.82, 2.24) is 14.5 Å². The number of rotatable bonds is 1. The van der Waals surface area contributed by atoms with Crippen molar-refractivity contribution in [2.75, 3.05) is 19.7 Å². The van der Waals surface area contributed by atoms with Gasteiger partial charge in [0.1, 0.15) is 11.8 Å². The number of aromatic nitrogens is 2. The Bertz CT molecular complexity index is 544. The Morgan fingerprint density at radius 3 is 2.68 bits per heavy atom. The number of amides is 1. The number of hydrogen-bond acceptors (Lipinski definition) is 5. The van der Waals surface area contributed by atoms with Crippen molar-refractivity contribution in [3.63, 3.8) is 0 Å². The molecule has 122 valence electrons. The maximum atomic E-state index is 12.6. The summed E-state index contributed by atoms with van der Waals surface area (Å²) in [6.07, 6.45) is 1.55. The number of aryl methyl sites for hydroxylation is 2. The molecule has 0 aliphatic carbocycles. The molecule has 1 aromatic heterocycles. The molecule has 3 heterocycles. The highest BCUT2D eigenvalue weighted by atomic mass is 16.5. The number of aliphatic hydroxyl groups is 2. The summed E-state index contributed by atoms with van der Waals surface area (Å²) < 4.78 is 7.52. The van der Waals surface area contributed by atoms with Crippen molar-refractivity contribution in [3.8, 4) is 0 Å². The van der Waals surface area contributed by atoms with Crippen molar-refractivity contribution in [3.05, 3.63) is 17.7 Å². The monoisotopic (exact) mass is 309 g/mol. The van der Waals surface area contributed by atoms with Crippen LogP contribution in [0.25, 0.3) is 0 Å². The van der Waals surface area contributed by atoms with Gasteiger partial charge in [0.15, 0.2) is 0 Å². The van der Waals surface area contributed by atoms with E-state index in [0.29, 0.717) is 44.7 Å². The van der Waals surface area contributed by atoms with E-state index in [-0.39, 0.29) is 5.91 Å². The number of piperidine rings is 1. The van der Waals surface area contributed by atoms with Crippen LogP contribution in [-0.4, -0.2) is 68.1 Å². The topological polar surface area (TPSA) is 87.8 Å². The molecule has 1 amide bonds. The van der Waals surface area contributed by atoms with E-state index in [2.05, 4.69) is 4.98 Å². The van der Waals surface area contributed by atoms with Gasteiger partial charge >= 0.3 is 0 Å². The zero-order chi connectivity index (χ0) is 15.9. The SMILES string of the molecule is Cc1ncn(C)c1C(=O)N1CCC2(CC1)OCC[C@H](O)[C@@H]2O. The molecule has 2 N–H and O–H groups in total. The summed E-state index contributed by atoms with van der Waals surface area (Å²) in [4.78, 5) is 18.6. The maximum Gasteiger partial charge on any atom is 0.272 e. The normalized spacial score (nSPS) is 28.1. The van der Waals surface area contributed by atoms with Crippen molar-refractivity contribution in [1.29, 1.82) is 0 Å². The summed E-state index contributed by atoms with van der Waals surface area (Å²) in [6, 6.07) is 0. The fourth-order valence-electron chi connectivity index (χ4n) is 3.51. The predicted octanol–water partition coefficient (Wildman–Crippen LogP) is -0.155. The van der Waals surface area contributed by atoms with Crippen LogP contribution in [0.5, 0.6) is 0 Å². The van der Waals surface area contributed by atoms with Gasteiger partial charge in [0.05, 0.1) is 30.3 Å². The molecule has 2 aliphatic rings. The molecule has 2 saturated heterocycles. The van der Waals surface area contributed by atoms with E-state index in [1.807, 2.05) is 14.0 Å². The van der Waals surface area contributed by atoms with Crippen LogP contribution in [0.4, 0.5) is 0 Å². The molecule has 3 rings (SSSR count). The molecule has 1 aromatic rings. The fraction of sp³-hybridized carbons (Fsp3) is 0.733. The molecule has 0 saturated carbocycles. The van der Waals surface area contributed by atoms with E-state index in [1.165, 1.54) is 0 Å². The Morgan fingerprint density at radius 2 is 2.09 bits per heavy atom. The molecule has 2 fully saturated rings. The molecule has 2 atom stereocenters. The van der Waals surface area contributed by atoms with Crippen LogP contribution in [0.1, 0.15) is 35.4 Å². The van der Waals surface area contributed by atoms with Gasteiger partial charge in [-0.15, -0.1) is 0 Å². The third kappa shape index (κ3) is 2.43. The van der Waals surface area contributed by atoms with Gasteiger partial charge < -0.3 is 24.4 Å². The second-order valence-corrected chi connectivity index (χ2v) is 6.30. The Hall–Kier alpha value is -1.44. The average molecular weight is 309 g/mol. The third-order valence-corrected chi connectivity index (χ3v) is 4.93. The summed E-state index contributed by atoms with van der Waals surface area (Å²) in [5, 5.41) is 20.1. The van der Waals surface area contributed by atoms with E-state index in [1.54, 1.807) is 15.8 Å². The molecule has 7 heteroatoms. The predicted molar refractivity (Wildman–Crippen MR) is 78.4 cm³/mol. The standard InChI is InChI=1S/C15H23N3O4/c1-10-12(17(2)9-16-10)14(21)18-6-4-15(5-7-18)13(20)11(19)3-8-22-15/h9,11,13,19-20H,3-8H2,1-2H3/t11-,13-/m0/s1. The lowest BCUT2D eigenvalue weighted by Crippen LogP contribution is -2.60. The van der Waals surface area contributed by atoms with Gasteiger partial charge in [0.25, 0.3) is 5.91 Å². The van der Waals surface area contributed by atoms with Gasteiger partial charge in [-0.2, -0.15) is 0 Å². The summed E-state index contributed by atoms with van der Waals surface area (Å²) in [6.45, 7) is 3.29. The van der Waals surface area contributed by atoms with E-state index >= 15 is 0 Å². The first-order chi connectivity index (χ1) is 10.4. The van der Waals surface area contributed by atoms with Gasteiger partial charge in [0, 0.05) is 20.1 Å². The molecule has 22 heavy (non-hydrogen) atoms. The van der Waals surface area contributed by atoms with Gasteiger partial charge in [-0.25, -0.2) is 4.98 Å². The first-order valence-corrected chi connectivity index (χ1v) is 7.72. The van der Waals surface area contributed by atoms with E-state index < -0.39 is 17.8 Å². The molecule has 1 spiro atoms. The molecular weight excluding hydrogens is 286 g/mol. The zero-order valence-corrected chi connectivity index (χ0v) is 13.0. The van der Waals surface area contributed by atoms with Crippen LogP contribution in [-0.2, 0) is 11.8 Å². The Morgan fingerprint density at radius 1 is 1.41 bits per heavy atom. The Kier molecular flexibility index (Phi) is 3.96. The van der Waals surface area contributed by atoms with E-state index in [4.69, 9.17) is 4.74 Å². The quantitative estimate of drug-likeness (QED) is 0.753. The summed E-state index contributed by atoms with van der Waals surface area (Å²) in [7, 11) is 1.81. The number of carbonyl (C=O) groups is 1. The number of hydrogen-bond donors (Lipinski definition) is 2. The van der Waals surface area contributed by atoms with E-state index in [0.717, 1.165) is 5.69 Å². The first-order valence-electron chi connectivity index (χ1n) is 7.72. The highest BCUT2D eigenvalue weighted by molar-refractivity contribution is 5.93. The molecule has 0 bridgehead atoms. The van der Waals surface area contributed by atoms with Crippen LogP contribution in [0.15, 0.2) is 6.33 Å². The largest absolute Gasteiger partial charge is 0.390 e. The zero-order valence-electron chi connectivity index (χ0n) is 13.0. The lowest BCUT2D eigenvalue weighted by molar-refractivity contribution is -0.212. The molecule has 7 nitrogen and oxygen atoms in total. The van der Waals surface area contributed by atoms with E-state index in [9.17, 15) is 15.0 Å². The second-order valence-electron chi connectivity index (χ2n) is 6.30. The Labute approximate surface area is 129 Å². The average Bonchev–Trinajstić information content (AvgIpc) is 2.84. The van der Waals surface area contributed by atoms with Crippen LogP contribution < -0.4 is 0 Å². The van der Waals surface area contributed by atoms with Gasteiger partial charge in [-0.1, -0.05) is 0 Å². The summed E-state index contributed by atoms with van der Waals surface area (Å²) in [5.41, 5.74) is 0.605. The minimum Gasteiger partial charge on any atom is -0.390 e. The van der Waals surface area contributed by atoms with Gasteiger partial charge in [0.2, 0.25) is 0 Å². The maximum absolute atomic E-state index is 12.6. The number of ether oxygens (including phenoxy) is 1. The minimum atomic E-state index is -0.878. The smallest absolute Gasteiger partial charge is 0.272 e. The number of nitrogens with zero attached hydrogens (tertiary/aromatic N) is 3. The number of aliphatic hydroxyl groups excluding tert-OH is 2. The van der Waals surface area contributed by atoms with Crippen LogP contribution in [0.2, 0.25) is 0 Å². The highest BCUT2D eigenvalue weighted by Gasteiger charge is 2.48. The molecule has 0 aromatic carbocycles. The van der Waals surface area contributed by atoms with Gasteiger partial charge in [-0.3, -0.25) is 4.79 Å². The summed E-state index contributed by atoms with van der Waals surface area (Å²) >= 11 is 0. The fourth-order valence-corrected chi connectivity index (χ4v) is 3.51. The first kappa shape index (κ1) is 15.5. The van der Waals surface area contributed by atoms with Crippen molar-refractivity contribution in [2.24, 2.45) is 7.05 Å². The van der Waals surface area contributed by atoms with Crippen LogP contribution >= 0.6 is 0 Å². The molecular formula is C15H23N3O4. The molecule has 2 aliphatic heterocycles. The lowest BCUT2D eigenvalue weighted by Gasteiger charge is -2.48. The minimum absolute atomic E-state index is 0.0433.